The molecular weight excluding hydrogens is 288 g/mol. The van der Waals surface area contributed by atoms with Gasteiger partial charge in [0.05, 0.1) is 6.10 Å². The maximum atomic E-state index is 12.3. The fourth-order valence-corrected chi connectivity index (χ4v) is 4.82. The summed E-state index contributed by atoms with van der Waals surface area (Å²) in [6.07, 6.45) is 4.20. The van der Waals surface area contributed by atoms with Gasteiger partial charge in [-0.25, -0.2) is 4.72 Å². The van der Waals surface area contributed by atoms with Crippen molar-refractivity contribution in [3.8, 4) is 0 Å². The molecule has 2 atom stereocenters. The molecule has 1 saturated heterocycles. The van der Waals surface area contributed by atoms with E-state index in [-0.39, 0.29) is 17.4 Å². The van der Waals surface area contributed by atoms with E-state index in [0.29, 0.717) is 25.6 Å². The molecule has 2 N–H and O–H groups in total. The Balaban J connectivity index is 1.84. The van der Waals surface area contributed by atoms with Crippen LogP contribution < -0.4 is 4.72 Å². The Morgan fingerprint density at radius 3 is 2.24 bits per heavy atom. The molecule has 2 aliphatic rings. The molecule has 0 spiro atoms. The van der Waals surface area contributed by atoms with E-state index in [1.165, 1.54) is 0 Å². The SMILES string of the molecule is CC(C)(C)C1CCN(S(=O)(=O)NCC2CCCC2O)CC1. The first-order valence-electron chi connectivity index (χ1n) is 8.13. The molecule has 0 amide bonds. The van der Waals surface area contributed by atoms with Crippen LogP contribution >= 0.6 is 0 Å². The van der Waals surface area contributed by atoms with E-state index >= 15 is 0 Å². The minimum absolute atomic E-state index is 0.0758. The zero-order valence-electron chi connectivity index (χ0n) is 13.5. The predicted molar refractivity (Wildman–Crippen MR) is 84.0 cm³/mol. The van der Waals surface area contributed by atoms with Gasteiger partial charge in [-0.05, 0) is 42.9 Å². The minimum Gasteiger partial charge on any atom is -0.393 e. The monoisotopic (exact) mass is 318 g/mol. The fourth-order valence-electron chi connectivity index (χ4n) is 3.52. The molecule has 0 bridgehead atoms. The van der Waals surface area contributed by atoms with Gasteiger partial charge in [0.15, 0.2) is 0 Å². The Kier molecular flexibility index (Phi) is 5.34. The number of nitrogens with zero attached hydrogens (tertiary/aromatic N) is 1. The minimum atomic E-state index is -3.39. The maximum Gasteiger partial charge on any atom is 0.279 e. The maximum absolute atomic E-state index is 12.3. The van der Waals surface area contributed by atoms with Crippen molar-refractivity contribution >= 4 is 10.2 Å². The molecule has 6 heteroatoms. The highest BCUT2D eigenvalue weighted by Gasteiger charge is 2.34. The van der Waals surface area contributed by atoms with Gasteiger partial charge in [0.2, 0.25) is 0 Å². The summed E-state index contributed by atoms with van der Waals surface area (Å²) < 4.78 is 28.9. The number of nitrogens with one attached hydrogen (secondary N) is 1. The second-order valence-corrected chi connectivity index (χ2v) is 9.41. The van der Waals surface area contributed by atoms with Gasteiger partial charge in [0, 0.05) is 19.6 Å². The third-order valence-electron chi connectivity index (χ3n) is 5.17. The first-order valence-corrected chi connectivity index (χ1v) is 9.57. The topological polar surface area (TPSA) is 69.6 Å². The van der Waals surface area contributed by atoms with Crippen molar-refractivity contribution in [2.75, 3.05) is 19.6 Å². The van der Waals surface area contributed by atoms with Gasteiger partial charge in [0.25, 0.3) is 10.2 Å². The molecule has 1 aliphatic carbocycles. The Morgan fingerprint density at radius 1 is 1.14 bits per heavy atom. The van der Waals surface area contributed by atoms with E-state index in [0.717, 1.165) is 32.1 Å². The van der Waals surface area contributed by atoms with Crippen LogP contribution in [-0.2, 0) is 10.2 Å². The summed E-state index contributed by atoms with van der Waals surface area (Å²) in [6.45, 7) is 8.24. The molecule has 0 aromatic heterocycles. The van der Waals surface area contributed by atoms with Crippen molar-refractivity contribution < 1.29 is 13.5 Å². The van der Waals surface area contributed by atoms with Crippen molar-refractivity contribution in [2.24, 2.45) is 17.3 Å². The number of hydrogen-bond donors (Lipinski definition) is 2. The van der Waals surface area contributed by atoms with Crippen LogP contribution in [-0.4, -0.2) is 43.6 Å². The standard InChI is InChI=1S/C15H30N2O3S/c1-15(2,3)13-7-9-17(10-8-13)21(19,20)16-11-12-5-4-6-14(12)18/h12-14,16,18H,4-11H2,1-3H3. The van der Waals surface area contributed by atoms with Crippen LogP contribution in [0.5, 0.6) is 0 Å². The number of hydrogen-bond acceptors (Lipinski definition) is 3. The highest BCUT2D eigenvalue weighted by Crippen LogP contribution is 2.34. The van der Waals surface area contributed by atoms with Gasteiger partial charge in [-0.15, -0.1) is 0 Å². The van der Waals surface area contributed by atoms with E-state index < -0.39 is 10.2 Å². The normalized spacial score (nSPS) is 29.9. The first-order chi connectivity index (χ1) is 9.70. The molecule has 5 nitrogen and oxygen atoms in total. The highest BCUT2D eigenvalue weighted by molar-refractivity contribution is 7.87. The molecule has 2 fully saturated rings. The lowest BCUT2D eigenvalue weighted by atomic mass is 9.76. The number of aliphatic hydroxyl groups is 1. The zero-order chi connectivity index (χ0) is 15.7. The number of rotatable bonds is 4. The van der Waals surface area contributed by atoms with E-state index in [2.05, 4.69) is 25.5 Å². The van der Waals surface area contributed by atoms with Crippen LogP contribution in [0.4, 0.5) is 0 Å². The lowest BCUT2D eigenvalue weighted by Crippen LogP contribution is -2.47. The van der Waals surface area contributed by atoms with Crippen molar-refractivity contribution in [1.29, 1.82) is 0 Å². The summed E-state index contributed by atoms with van der Waals surface area (Å²) in [5.41, 5.74) is 0.247. The molecule has 0 radical (unpaired) electrons. The van der Waals surface area contributed by atoms with Crippen LogP contribution in [0, 0.1) is 17.3 Å². The Labute approximate surface area is 129 Å². The van der Waals surface area contributed by atoms with Gasteiger partial charge >= 0.3 is 0 Å². The third-order valence-corrected chi connectivity index (χ3v) is 6.74. The van der Waals surface area contributed by atoms with E-state index in [9.17, 15) is 13.5 Å². The summed E-state index contributed by atoms with van der Waals surface area (Å²) in [4.78, 5) is 0. The molecule has 124 valence electrons. The molecule has 2 rings (SSSR count). The summed E-state index contributed by atoms with van der Waals surface area (Å²) in [7, 11) is -3.39. The second kappa shape index (κ2) is 6.52. The van der Waals surface area contributed by atoms with Gasteiger partial charge in [0.1, 0.15) is 0 Å². The summed E-state index contributed by atoms with van der Waals surface area (Å²) in [6, 6.07) is 0. The Bertz CT molecular complexity index is 436. The molecule has 0 aromatic carbocycles. The Hall–Kier alpha value is -0.170. The molecule has 21 heavy (non-hydrogen) atoms. The van der Waals surface area contributed by atoms with Crippen molar-refractivity contribution in [3.63, 3.8) is 0 Å². The van der Waals surface area contributed by atoms with Crippen LogP contribution in [0.1, 0.15) is 52.9 Å². The Morgan fingerprint density at radius 2 is 1.76 bits per heavy atom. The van der Waals surface area contributed by atoms with Gasteiger partial charge in [-0.3, -0.25) is 0 Å². The molecule has 1 saturated carbocycles. The first kappa shape index (κ1) is 17.2. The third kappa shape index (κ3) is 4.41. The van der Waals surface area contributed by atoms with Gasteiger partial charge in [-0.2, -0.15) is 12.7 Å². The number of piperidine rings is 1. The van der Waals surface area contributed by atoms with Crippen LogP contribution in [0.3, 0.4) is 0 Å². The fraction of sp³-hybridized carbons (Fsp3) is 1.00. The molecule has 1 aliphatic heterocycles. The lowest BCUT2D eigenvalue weighted by Gasteiger charge is -2.38. The molecular formula is C15H30N2O3S. The second-order valence-electron chi connectivity index (χ2n) is 7.65. The summed E-state index contributed by atoms with van der Waals surface area (Å²) >= 11 is 0. The van der Waals surface area contributed by atoms with E-state index in [1.54, 1.807) is 4.31 Å². The average Bonchev–Trinajstić information content (AvgIpc) is 2.81. The van der Waals surface area contributed by atoms with Crippen molar-refractivity contribution in [1.82, 2.24) is 9.03 Å². The largest absolute Gasteiger partial charge is 0.393 e. The highest BCUT2D eigenvalue weighted by atomic mass is 32.2. The van der Waals surface area contributed by atoms with Crippen molar-refractivity contribution in [2.45, 2.75) is 59.0 Å². The predicted octanol–water partition coefficient (Wildman–Crippen LogP) is 1.74. The van der Waals surface area contributed by atoms with E-state index in [1.807, 2.05) is 0 Å². The molecule has 2 unspecified atom stereocenters. The molecule has 0 aromatic rings. The zero-order valence-corrected chi connectivity index (χ0v) is 14.3. The van der Waals surface area contributed by atoms with Crippen LogP contribution in [0.25, 0.3) is 0 Å². The molecule has 1 heterocycles. The van der Waals surface area contributed by atoms with Crippen molar-refractivity contribution in [3.05, 3.63) is 0 Å². The average molecular weight is 318 g/mol. The summed E-state index contributed by atoms with van der Waals surface area (Å²) in [5, 5.41) is 9.77. The lowest BCUT2D eigenvalue weighted by molar-refractivity contribution is 0.133. The number of aliphatic hydroxyl groups excluding tert-OH is 1. The summed E-state index contributed by atoms with van der Waals surface area (Å²) in [5.74, 6) is 0.660. The van der Waals surface area contributed by atoms with Crippen LogP contribution in [0.2, 0.25) is 0 Å². The van der Waals surface area contributed by atoms with Gasteiger partial charge < -0.3 is 5.11 Å². The quantitative estimate of drug-likeness (QED) is 0.829. The van der Waals surface area contributed by atoms with E-state index in [4.69, 9.17) is 0 Å². The smallest absolute Gasteiger partial charge is 0.279 e. The van der Waals surface area contributed by atoms with Gasteiger partial charge in [-0.1, -0.05) is 27.2 Å². The van der Waals surface area contributed by atoms with Crippen LogP contribution in [0.15, 0.2) is 0 Å².